The van der Waals surface area contributed by atoms with Gasteiger partial charge in [0.15, 0.2) is 11.5 Å². The zero-order valence-corrected chi connectivity index (χ0v) is 9.33. The maximum atomic E-state index is 5.90. The molecule has 0 aliphatic carbocycles. The molecule has 0 atom stereocenters. The SMILES string of the molecule is Cc1ccc(-c2nnc3ccncn23)cc1N. The molecular formula is C12H11N5. The van der Waals surface area contributed by atoms with Crippen molar-refractivity contribution in [1.82, 2.24) is 19.6 Å². The molecule has 0 saturated heterocycles. The van der Waals surface area contributed by atoms with E-state index in [-0.39, 0.29) is 0 Å². The van der Waals surface area contributed by atoms with Crippen molar-refractivity contribution in [2.75, 3.05) is 5.73 Å². The number of nitrogens with zero attached hydrogens (tertiary/aromatic N) is 4. The molecule has 0 amide bonds. The summed E-state index contributed by atoms with van der Waals surface area (Å²) in [7, 11) is 0. The summed E-state index contributed by atoms with van der Waals surface area (Å²) in [5, 5.41) is 8.23. The van der Waals surface area contributed by atoms with Crippen LogP contribution in [0.2, 0.25) is 0 Å². The Morgan fingerprint density at radius 2 is 2.06 bits per heavy atom. The summed E-state index contributed by atoms with van der Waals surface area (Å²) >= 11 is 0. The minimum atomic E-state index is 0.750. The molecule has 3 aromatic rings. The van der Waals surface area contributed by atoms with E-state index in [0.29, 0.717) is 0 Å². The van der Waals surface area contributed by atoms with E-state index < -0.39 is 0 Å². The van der Waals surface area contributed by atoms with Crippen molar-refractivity contribution in [2.45, 2.75) is 6.92 Å². The standard InChI is InChI=1S/C12H11N5/c1-8-2-3-9(6-10(8)13)12-16-15-11-4-5-14-7-17(11)12/h2-7H,13H2,1H3. The molecule has 84 valence electrons. The highest BCUT2D eigenvalue weighted by Gasteiger charge is 2.08. The van der Waals surface area contributed by atoms with Crippen LogP contribution in [0.15, 0.2) is 36.8 Å². The first kappa shape index (κ1) is 9.77. The van der Waals surface area contributed by atoms with Crippen LogP contribution in [0.3, 0.4) is 0 Å². The molecule has 2 heterocycles. The van der Waals surface area contributed by atoms with Crippen LogP contribution >= 0.6 is 0 Å². The first-order valence-electron chi connectivity index (χ1n) is 5.27. The second-order valence-electron chi connectivity index (χ2n) is 3.90. The molecule has 0 radical (unpaired) electrons. The Bertz CT molecular complexity index is 686. The van der Waals surface area contributed by atoms with Gasteiger partial charge >= 0.3 is 0 Å². The number of benzene rings is 1. The van der Waals surface area contributed by atoms with Crippen molar-refractivity contribution in [3.05, 3.63) is 42.4 Å². The van der Waals surface area contributed by atoms with Crippen molar-refractivity contribution in [3.8, 4) is 11.4 Å². The molecule has 5 nitrogen and oxygen atoms in total. The van der Waals surface area contributed by atoms with Gasteiger partial charge in [-0.3, -0.25) is 4.40 Å². The summed E-state index contributed by atoms with van der Waals surface area (Å²) in [6.07, 6.45) is 3.39. The highest BCUT2D eigenvalue weighted by atomic mass is 15.3. The van der Waals surface area contributed by atoms with E-state index in [0.717, 1.165) is 28.3 Å². The smallest absolute Gasteiger partial charge is 0.169 e. The third-order valence-electron chi connectivity index (χ3n) is 2.75. The molecular weight excluding hydrogens is 214 g/mol. The van der Waals surface area contributed by atoms with E-state index in [9.17, 15) is 0 Å². The maximum Gasteiger partial charge on any atom is 0.169 e. The predicted octanol–water partition coefficient (Wildman–Crippen LogP) is 1.68. The lowest BCUT2D eigenvalue weighted by molar-refractivity contribution is 1.08. The van der Waals surface area contributed by atoms with Gasteiger partial charge in [0.2, 0.25) is 0 Å². The Morgan fingerprint density at radius 3 is 2.88 bits per heavy atom. The highest BCUT2D eigenvalue weighted by molar-refractivity contribution is 5.65. The van der Waals surface area contributed by atoms with Crippen molar-refractivity contribution in [3.63, 3.8) is 0 Å². The predicted molar refractivity (Wildman–Crippen MR) is 65.4 cm³/mol. The molecule has 5 heteroatoms. The van der Waals surface area contributed by atoms with Gasteiger partial charge in [-0.1, -0.05) is 12.1 Å². The minimum absolute atomic E-state index is 0.750. The van der Waals surface area contributed by atoms with E-state index in [1.807, 2.05) is 35.6 Å². The van der Waals surface area contributed by atoms with Crippen LogP contribution in [0.1, 0.15) is 5.56 Å². The molecule has 0 saturated carbocycles. The summed E-state index contributed by atoms with van der Waals surface area (Å²) < 4.78 is 1.84. The fourth-order valence-electron chi connectivity index (χ4n) is 1.72. The number of nitrogen functional groups attached to an aromatic ring is 1. The van der Waals surface area contributed by atoms with Gasteiger partial charge in [0.1, 0.15) is 6.33 Å². The monoisotopic (exact) mass is 225 g/mol. The average Bonchev–Trinajstić information content (AvgIpc) is 2.76. The van der Waals surface area contributed by atoms with Crippen molar-refractivity contribution >= 4 is 11.3 Å². The van der Waals surface area contributed by atoms with E-state index in [4.69, 9.17) is 5.73 Å². The quantitative estimate of drug-likeness (QED) is 0.640. The highest BCUT2D eigenvalue weighted by Crippen LogP contribution is 2.22. The number of hydrogen-bond donors (Lipinski definition) is 1. The Balaban J connectivity index is 2.24. The molecule has 0 bridgehead atoms. The molecule has 0 fully saturated rings. The zero-order chi connectivity index (χ0) is 11.8. The first-order valence-corrected chi connectivity index (χ1v) is 5.27. The van der Waals surface area contributed by atoms with Gasteiger partial charge in [-0.2, -0.15) is 0 Å². The summed E-state index contributed by atoms with van der Waals surface area (Å²) in [4.78, 5) is 4.06. The molecule has 2 N–H and O–H groups in total. The second kappa shape index (κ2) is 3.55. The minimum Gasteiger partial charge on any atom is -0.398 e. The second-order valence-corrected chi connectivity index (χ2v) is 3.90. The summed E-state index contributed by atoms with van der Waals surface area (Å²) in [6, 6.07) is 7.67. The molecule has 1 aromatic carbocycles. The molecule has 3 rings (SSSR count). The van der Waals surface area contributed by atoms with Crippen LogP contribution in [-0.4, -0.2) is 19.6 Å². The third kappa shape index (κ3) is 1.52. The number of aromatic nitrogens is 4. The van der Waals surface area contributed by atoms with Crippen LogP contribution in [0.4, 0.5) is 5.69 Å². The Kier molecular flexibility index (Phi) is 2.04. The largest absolute Gasteiger partial charge is 0.398 e. The number of aryl methyl sites for hydroxylation is 1. The van der Waals surface area contributed by atoms with Crippen molar-refractivity contribution in [2.24, 2.45) is 0 Å². The van der Waals surface area contributed by atoms with Gasteiger partial charge in [-0.05, 0) is 18.6 Å². The summed E-state index contributed by atoms with van der Waals surface area (Å²) in [6.45, 7) is 1.97. The normalized spacial score (nSPS) is 10.9. The van der Waals surface area contributed by atoms with Gasteiger partial charge < -0.3 is 5.73 Å². The topological polar surface area (TPSA) is 69.1 Å². The van der Waals surface area contributed by atoms with Crippen molar-refractivity contribution in [1.29, 1.82) is 0 Å². The molecule has 0 spiro atoms. The van der Waals surface area contributed by atoms with Gasteiger partial charge in [-0.25, -0.2) is 4.98 Å². The number of nitrogens with two attached hydrogens (primary N) is 1. The maximum absolute atomic E-state index is 5.90. The Hall–Kier alpha value is -2.43. The van der Waals surface area contributed by atoms with Crippen LogP contribution in [0.25, 0.3) is 17.0 Å². The summed E-state index contributed by atoms with van der Waals surface area (Å²) in [5.74, 6) is 0.750. The summed E-state index contributed by atoms with van der Waals surface area (Å²) in [5.41, 5.74) is 9.42. The third-order valence-corrected chi connectivity index (χ3v) is 2.75. The number of anilines is 1. The molecule has 17 heavy (non-hydrogen) atoms. The van der Waals surface area contributed by atoms with Gasteiger partial charge in [0, 0.05) is 23.5 Å². The zero-order valence-electron chi connectivity index (χ0n) is 9.33. The lowest BCUT2D eigenvalue weighted by Crippen LogP contribution is -1.93. The van der Waals surface area contributed by atoms with E-state index >= 15 is 0 Å². The number of fused-ring (bicyclic) bond motifs is 1. The van der Waals surface area contributed by atoms with E-state index in [1.54, 1.807) is 12.5 Å². The molecule has 2 aromatic heterocycles. The van der Waals surface area contributed by atoms with E-state index in [1.165, 1.54) is 0 Å². The molecule has 0 unspecified atom stereocenters. The van der Waals surface area contributed by atoms with Crippen LogP contribution in [0, 0.1) is 6.92 Å². The van der Waals surface area contributed by atoms with Crippen LogP contribution < -0.4 is 5.73 Å². The Morgan fingerprint density at radius 1 is 1.18 bits per heavy atom. The molecule has 0 aliphatic rings. The fourth-order valence-corrected chi connectivity index (χ4v) is 1.72. The lowest BCUT2D eigenvalue weighted by atomic mass is 10.1. The number of rotatable bonds is 1. The van der Waals surface area contributed by atoms with Crippen molar-refractivity contribution < 1.29 is 0 Å². The molecule has 0 aliphatic heterocycles. The van der Waals surface area contributed by atoms with Gasteiger partial charge in [-0.15, -0.1) is 10.2 Å². The van der Waals surface area contributed by atoms with Gasteiger partial charge in [0.25, 0.3) is 0 Å². The fraction of sp³-hybridized carbons (Fsp3) is 0.0833. The van der Waals surface area contributed by atoms with Crippen LogP contribution in [-0.2, 0) is 0 Å². The Labute approximate surface area is 97.9 Å². The average molecular weight is 225 g/mol. The van der Waals surface area contributed by atoms with Gasteiger partial charge in [0.05, 0.1) is 0 Å². The van der Waals surface area contributed by atoms with E-state index in [2.05, 4.69) is 15.2 Å². The number of hydrogen-bond acceptors (Lipinski definition) is 4. The first-order chi connectivity index (χ1) is 8.25. The lowest BCUT2D eigenvalue weighted by Gasteiger charge is -2.03. The van der Waals surface area contributed by atoms with Crippen LogP contribution in [0.5, 0.6) is 0 Å².